The Morgan fingerprint density at radius 1 is 1.47 bits per heavy atom. The second-order valence-corrected chi connectivity index (χ2v) is 5.45. The highest BCUT2D eigenvalue weighted by Crippen LogP contribution is 2.29. The molecule has 1 saturated heterocycles. The summed E-state index contributed by atoms with van der Waals surface area (Å²) in [7, 11) is 2.03. The highest BCUT2D eigenvalue weighted by atomic mass is 32.1. The molecular formula is C15H19NO2S. The molecule has 0 aliphatic carbocycles. The molecule has 19 heavy (non-hydrogen) atoms. The molecule has 1 fully saturated rings. The van der Waals surface area contributed by atoms with E-state index >= 15 is 0 Å². The molecule has 102 valence electrons. The lowest BCUT2D eigenvalue weighted by Crippen LogP contribution is -2.52. The van der Waals surface area contributed by atoms with Gasteiger partial charge in [-0.3, -0.25) is 4.79 Å². The Morgan fingerprint density at radius 2 is 2.16 bits per heavy atom. The maximum Gasteiger partial charge on any atom is 0.176 e. The zero-order valence-electron chi connectivity index (χ0n) is 11.3. The molecule has 3 nitrogen and oxygen atoms in total. The normalized spacial score (nSPS) is 23.6. The summed E-state index contributed by atoms with van der Waals surface area (Å²) in [5, 5.41) is 1.56. The number of hydrogen-bond acceptors (Lipinski definition) is 4. The van der Waals surface area contributed by atoms with Gasteiger partial charge in [0.2, 0.25) is 0 Å². The van der Waals surface area contributed by atoms with Crippen LogP contribution in [0.2, 0.25) is 0 Å². The lowest BCUT2D eigenvalue weighted by Gasteiger charge is -2.39. The van der Waals surface area contributed by atoms with Crippen LogP contribution >= 0.6 is 12.2 Å². The number of rotatable bonds is 4. The van der Waals surface area contributed by atoms with Crippen LogP contribution in [0.3, 0.4) is 0 Å². The molecule has 4 heteroatoms. The largest absolute Gasteiger partial charge is 0.374 e. The minimum atomic E-state index is -0.759. The number of ketones is 1. The van der Waals surface area contributed by atoms with E-state index in [0.29, 0.717) is 12.2 Å². The van der Waals surface area contributed by atoms with Crippen molar-refractivity contribution in [2.24, 2.45) is 5.41 Å². The van der Waals surface area contributed by atoms with Crippen molar-refractivity contribution in [3.05, 3.63) is 35.9 Å². The van der Waals surface area contributed by atoms with E-state index in [9.17, 15) is 4.79 Å². The maximum absolute atomic E-state index is 12.7. The van der Waals surface area contributed by atoms with E-state index in [1.54, 1.807) is 5.37 Å². The van der Waals surface area contributed by atoms with Crippen molar-refractivity contribution in [2.75, 3.05) is 26.7 Å². The Morgan fingerprint density at radius 3 is 2.74 bits per heavy atom. The lowest BCUT2D eigenvalue weighted by atomic mass is 9.78. The average Bonchev–Trinajstić information content (AvgIpc) is 2.46. The van der Waals surface area contributed by atoms with E-state index in [4.69, 9.17) is 17.0 Å². The molecule has 1 heterocycles. The van der Waals surface area contributed by atoms with E-state index in [1.165, 1.54) is 0 Å². The zero-order valence-corrected chi connectivity index (χ0v) is 12.2. The van der Waals surface area contributed by atoms with Gasteiger partial charge in [0.15, 0.2) is 5.78 Å². The first-order chi connectivity index (χ1) is 9.08. The van der Waals surface area contributed by atoms with E-state index in [1.807, 2.05) is 44.3 Å². The number of hydrogen-bond donors (Lipinski definition) is 0. The summed E-state index contributed by atoms with van der Waals surface area (Å²) in [4.78, 5) is 14.9. The first kappa shape index (κ1) is 14.3. The topological polar surface area (TPSA) is 29.5 Å². The lowest BCUT2D eigenvalue weighted by molar-refractivity contribution is -0.0524. The van der Waals surface area contributed by atoms with E-state index in [0.717, 1.165) is 13.1 Å². The van der Waals surface area contributed by atoms with Crippen LogP contribution in [0.25, 0.3) is 0 Å². The molecule has 0 aromatic heterocycles. The van der Waals surface area contributed by atoms with Crippen LogP contribution in [-0.2, 0) is 4.74 Å². The van der Waals surface area contributed by atoms with E-state index in [2.05, 4.69) is 4.90 Å². The second kappa shape index (κ2) is 5.90. The van der Waals surface area contributed by atoms with Gasteiger partial charge in [-0.05, 0) is 19.3 Å². The number of carbonyl (C=O) groups excluding carboxylic acids is 1. The summed E-state index contributed by atoms with van der Waals surface area (Å²) in [6.07, 6.45) is -0.184. The molecule has 0 amide bonds. The van der Waals surface area contributed by atoms with Gasteiger partial charge >= 0.3 is 0 Å². The van der Waals surface area contributed by atoms with Crippen molar-refractivity contribution < 1.29 is 9.53 Å². The fourth-order valence-electron chi connectivity index (χ4n) is 2.32. The number of likely N-dealkylation sites (N-methyl/N-ethyl adjacent to an activating group) is 1. The number of Topliss-reactive ketones (excluding diaryl/α,β-unsaturated/α-hetero) is 1. The predicted octanol–water partition coefficient (Wildman–Crippen LogP) is 2.21. The number of nitrogens with zero attached hydrogens (tertiary/aromatic N) is 1. The third-order valence-electron chi connectivity index (χ3n) is 3.71. The minimum Gasteiger partial charge on any atom is -0.374 e. The number of morpholine rings is 1. The van der Waals surface area contributed by atoms with Crippen LogP contribution in [0.5, 0.6) is 0 Å². The van der Waals surface area contributed by atoms with E-state index in [-0.39, 0.29) is 11.9 Å². The Balaban J connectivity index is 2.26. The third-order valence-corrected chi connectivity index (χ3v) is 4.20. The molecule has 1 aromatic carbocycles. The van der Waals surface area contributed by atoms with Crippen LogP contribution in [-0.4, -0.2) is 48.9 Å². The van der Waals surface area contributed by atoms with Crippen molar-refractivity contribution in [1.82, 2.24) is 4.90 Å². The Hall–Kier alpha value is -1.10. The van der Waals surface area contributed by atoms with Gasteiger partial charge in [0.25, 0.3) is 0 Å². The Labute approximate surface area is 119 Å². The second-order valence-electron chi connectivity index (χ2n) is 5.22. The molecule has 2 unspecified atom stereocenters. The SMILES string of the molecule is CN1CCOC(C(C)(C=S)C(=O)c2ccccc2)C1. The van der Waals surface area contributed by atoms with Crippen LogP contribution in [0, 0.1) is 5.41 Å². The number of ether oxygens (including phenoxy) is 1. The summed E-state index contributed by atoms with van der Waals surface area (Å²) in [6, 6.07) is 9.28. The smallest absolute Gasteiger partial charge is 0.176 e. The molecule has 1 aliphatic rings. The quantitative estimate of drug-likeness (QED) is 0.623. The number of carbonyl (C=O) groups is 1. The average molecular weight is 277 g/mol. The first-order valence-electron chi connectivity index (χ1n) is 6.44. The van der Waals surface area contributed by atoms with Crippen LogP contribution < -0.4 is 0 Å². The molecule has 1 aliphatic heterocycles. The Kier molecular flexibility index (Phi) is 4.45. The highest BCUT2D eigenvalue weighted by Gasteiger charge is 2.42. The summed E-state index contributed by atoms with van der Waals surface area (Å²) in [6.45, 7) is 4.13. The zero-order chi connectivity index (χ0) is 13.9. The summed E-state index contributed by atoms with van der Waals surface area (Å²) >= 11 is 5.14. The van der Waals surface area contributed by atoms with Gasteiger partial charge in [-0.15, -0.1) is 0 Å². The fourth-order valence-corrected chi connectivity index (χ4v) is 2.58. The number of benzene rings is 1. The van der Waals surface area contributed by atoms with Crippen LogP contribution in [0.15, 0.2) is 30.3 Å². The van der Waals surface area contributed by atoms with Gasteiger partial charge in [-0.1, -0.05) is 42.5 Å². The molecule has 0 N–H and O–H groups in total. The fraction of sp³-hybridized carbons (Fsp3) is 0.467. The molecule has 0 bridgehead atoms. The Bertz CT molecular complexity index is 462. The molecule has 1 aromatic rings. The van der Waals surface area contributed by atoms with Crippen molar-refractivity contribution in [3.8, 4) is 0 Å². The van der Waals surface area contributed by atoms with Gasteiger partial charge in [0.05, 0.1) is 18.1 Å². The number of thiocarbonyl (C=S) groups is 1. The standard InChI is InChI=1S/C15H19NO2S/c1-15(11-19,13-10-16(2)8-9-18-13)14(17)12-6-4-3-5-7-12/h3-7,11,13H,8-10H2,1-2H3. The van der Waals surface area contributed by atoms with Gasteiger partial charge < -0.3 is 9.64 Å². The molecule has 2 atom stereocenters. The minimum absolute atomic E-state index is 0.0309. The van der Waals surface area contributed by atoms with Crippen molar-refractivity contribution in [1.29, 1.82) is 0 Å². The van der Waals surface area contributed by atoms with Crippen molar-refractivity contribution in [2.45, 2.75) is 13.0 Å². The third kappa shape index (κ3) is 2.91. The van der Waals surface area contributed by atoms with E-state index < -0.39 is 5.41 Å². The summed E-state index contributed by atoms with van der Waals surface area (Å²) in [5.74, 6) is 0.0309. The predicted molar refractivity (Wildman–Crippen MR) is 79.8 cm³/mol. The van der Waals surface area contributed by atoms with Crippen LogP contribution in [0.1, 0.15) is 17.3 Å². The van der Waals surface area contributed by atoms with Crippen LogP contribution in [0.4, 0.5) is 0 Å². The molecule has 0 spiro atoms. The van der Waals surface area contributed by atoms with Gasteiger partial charge in [0, 0.05) is 18.7 Å². The monoisotopic (exact) mass is 277 g/mol. The molecule has 0 saturated carbocycles. The maximum atomic E-state index is 12.7. The van der Waals surface area contributed by atoms with Crippen molar-refractivity contribution in [3.63, 3.8) is 0 Å². The van der Waals surface area contributed by atoms with Gasteiger partial charge in [-0.2, -0.15) is 0 Å². The highest BCUT2D eigenvalue weighted by molar-refractivity contribution is 7.79. The van der Waals surface area contributed by atoms with Crippen molar-refractivity contribution >= 4 is 23.4 Å². The summed E-state index contributed by atoms with van der Waals surface area (Å²) < 4.78 is 5.79. The summed E-state index contributed by atoms with van der Waals surface area (Å²) in [5.41, 5.74) is -0.0753. The molecule has 2 rings (SSSR count). The molecular weight excluding hydrogens is 258 g/mol. The van der Waals surface area contributed by atoms with Gasteiger partial charge in [0.1, 0.15) is 0 Å². The molecule has 0 radical (unpaired) electrons. The van der Waals surface area contributed by atoms with Gasteiger partial charge in [-0.25, -0.2) is 0 Å². The first-order valence-corrected chi connectivity index (χ1v) is 6.91.